The van der Waals surface area contributed by atoms with Gasteiger partial charge in [-0.15, -0.1) is 0 Å². The van der Waals surface area contributed by atoms with E-state index in [1.807, 2.05) is 0 Å². The van der Waals surface area contributed by atoms with E-state index in [1.165, 1.54) is 53.7 Å². The second kappa shape index (κ2) is 9.86. The van der Waals surface area contributed by atoms with Gasteiger partial charge in [0, 0.05) is 30.8 Å². The van der Waals surface area contributed by atoms with Gasteiger partial charge in [-0.3, -0.25) is 14.8 Å². The number of carbonyl (C=O) groups excluding carboxylic acids is 1. The van der Waals surface area contributed by atoms with Crippen molar-refractivity contribution >= 4 is 42.5 Å². The van der Waals surface area contributed by atoms with Gasteiger partial charge >= 0.3 is 0 Å². The minimum atomic E-state index is -4.08. The Hall–Kier alpha value is -3.74. The van der Waals surface area contributed by atoms with E-state index in [0.29, 0.717) is 28.6 Å². The number of nitrogens with one attached hydrogen (secondary N) is 1. The lowest BCUT2D eigenvalue weighted by molar-refractivity contribution is -0.121. The molecule has 0 bridgehead atoms. The molecule has 1 saturated heterocycles. The summed E-state index contributed by atoms with van der Waals surface area (Å²) in [5, 5.41) is 0. The van der Waals surface area contributed by atoms with Crippen molar-refractivity contribution < 1.29 is 26.0 Å². The van der Waals surface area contributed by atoms with E-state index in [9.17, 15) is 21.6 Å². The fraction of sp³-hybridized carbons (Fsp3) is 0.192. The smallest absolute Gasteiger partial charge is 0.245 e. The maximum atomic E-state index is 15.3. The molecule has 2 heterocycles. The lowest BCUT2D eigenvalue weighted by Gasteiger charge is -2.32. The number of aromatic nitrogens is 2. The molecule has 1 amide bonds. The molecule has 1 aromatic heterocycles. The molecule has 38 heavy (non-hydrogen) atoms. The molecular weight excluding hydrogens is 531 g/mol. The molecule has 0 saturated carbocycles. The molecule has 196 valence electrons. The van der Waals surface area contributed by atoms with Crippen molar-refractivity contribution in [3.05, 3.63) is 78.9 Å². The fourth-order valence-electron chi connectivity index (χ4n) is 4.51. The fourth-order valence-corrected chi connectivity index (χ4v) is 6.67. The Morgan fingerprint density at radius 3 is 2.42 bits per heavy atom. The maximum absolute atomic E-state index is 15.3. The van der Waals surface area contributed by atoms with Crippen LogP contribution in [0, 0.1) is 5.82 Å². The zero-order valence-corrected chi connectivity index (χ0v) is 21.8. The van der Waals surface area contributed by atoms with Crippen LogP contribution in [0.3, 0.4) is 0 Å². The summed E-state index contributed by atoms with van der Waals surface area (Å²) < 4.78 is 68.2. The molecule has 0 spiro atoms. The quantitative estimate of drug-likeness (QED) is 0.388. The maximum Gasteiger partial charge on any atom is 0.245 e. The van der Waals surface area contributed by atoms with Crippen LogP contribution in [-0.2, 0) is 24.7 Å². The van der Waals surface area contributed by atoms with Gasteiger partial charge in [-0.1, -0.05) is 24.3 Å². The molecule has 0 radical (unpaired) electrons. The Labute approximate surface area is 219 Å². The Morgan fingerprint density at radius 1 is 0.947 bits per heavy atom. The number of piperidine rings is 1. The average molecular weight is 555 g/mol. The first-order valence-corrected chi connectivity index (χ1v) is 15.1. The second-order valence-corrected chi connectivity index (χ2v) is 12.6. The van der Waals surface area contributed by atoms with Crippen LogP contribution < -0.4 is 9.62 Å². The summed E-state index contributed by atoms with van der Waals surface area (Å²) in [6.07, 6.45) is 4.73. The van der Waals surface area contributed by atoms with Crippen LogP contribution in [0.1, 0.15) is 12.8 Å². The Bertz CT molecular complexity index is 1780. The van der Waals surface area contributed by atoms with Gasteiger partial charge in [0.05, 0.1) is 26.5 Å². The highest BCUT2D eigenvalue weighted by Crippen LogP contribution is 2.32. The number of anilines is 1. The number of rotatable bonds is 6. The van der Waals surface area contributed by atoms with Crippen molar-refractivity contribution in [2.45, 2.75) is 28.7 Å². The van der Waals surface area contributed by atoms with Gasteiger partial charge in [-0.05, 0) is 54.8 Å². The van der Waals surface area contributed by atoms with Crippen molar-refractivity contribution in [1.82, 2.24) is 14.7 Å². The van der Waals surface area contributed by atoms with Gasteiger partial charge < -0.3 is 4.90 Å². The zero-order chi connectivity index (χ0) is 27.1. The first kappa shape index (κ1) is 25.9. The molecule has 0 aliphatic carbocycles. The van der Waals surface area contributed by atoms with Crippen LogP contribution in [0.25, 0.3) is 22.2 Å². The highest BCUT2D eigenvalue weighted by molar-refractivity contribution is 7.91. The van der Waals surface area contributed by atoms with Gasteiger partial charge in [-0.2, -0.15) is 4.72 Å². The SMILES string of the molecule is CS(=O)(=O)c1ccccc1-c1ccc(N2CCCC(NS(=O)(=O)c3ccc4nccnc4c3)C2=O)c(F)c1. The largest absolute Gasteiger partial charge is 0.308 e. The number of fused-ring (bicyclic) bond motifs is 1. The van der Waals surface area contributed by atoms with Crippen LogP contribution in [0.2, 0.25) is 0 Å². The first-order valence-electron chi connectivity index (χ1n) is 11.7. The number of hydrogen-bond donors (Lipinski definition) is 1. The Kier molecular flexibility index (Phi) is 6.72. The summed E-state index contributed by atoms with van der Waals surface area (Å²) >= 11 is 0. The van der Waals surface area contributed by atoms with Crippen molar-refractivity contribution in [2.24, 2.45) is 0 Å². The first-order chi connectivity index (χ1) is 18.0. The minimum absolute atomic E-state index is 0.0135. The normalized spacial score (nSPS) is 16.6. The number of sulfonamides is 1. The third-order valence-electron chi connectivity index (χ3n) is 6.32. The molecule has 1 atom stereocenters. The van der Waals surface area contributed by atoms with E-state index in [4.69, 9.17) is 0 Å². The zero-order valence-electron chi connectivity index (χ0n) is 20.2. The molecule has 1 aliphatic rings. The summed E-state index contributed by atoms with van der Waals surface area (Å²) in [6, 6.07) is 13.6. The number of sulfone groups is 1. The van der Waals surface area contributed by atoms with Crippen LogP contribution in [0.15, 0.2) is 82.8 Å². The van der Waals surface area contributed by atoms with Crippen molar-refractivity contribution in [3.8, 4) is 11.1 Å². The van der Waals surface area contributed by atoms with Gasteiger partial charge in [-0.25, -0.2) is 21.2 Å². The van der Waals surface area contributed by atoms with Crippen molar-refractivity contribution in [3.63, 3.8) is 0 Å². The van der Waals surface area contributed by atoms with Gasteiger partial charge in [0.25, 0.3) is 0 Å². The third kappa shape index (κ3) is 5.02. The summed E-state index contributed by atoms with van der Waals surface area (Å²) in [7, 11) is -7.63. The van der Waals surface area contributed by atoms with E-state index in [2.05, 4.69) is 14.7 Å². The molecule has 3 aromatic carbocycles. The van der Waals surface area contributed by atoms with E-state index >= 15 is 4.39 Å². The molecule has 1 fully saturated rings. The number of carbonyl (C=O) groups is 1. The number of nitrogens with zero attached hydrogens (tertiary/aromatic N) is 3. The predicted octanol–water partition coefficient (Wildman–Crippen LogP) is 3.31. The molecule has 1 unspecified atom stereocenters. The molecular formula is C26H23FN4O5S2. The molecule has 12 heteroatoms. The molecule has 9 nitrogen and oxygen atoms in total. The third-order valence-corrected chi connectivity index (χ3v) is 8.95. The van der Waals surface area contributed by atoms with Crippen LogP contribution in [0.5, 0.6) is 0 Å². The Balaban J connectivity index is 1.40. The summed E-state index contributed by atoms with van der Waals surface area (Å²) in [5.74, 6) is -1.31. The number of benzene rings is 3. The standard InChI is InChI=1S/C26H23FN4O5S2/c1-37(33,34)25-7-3-2-5-19(25)17-8-11-24(20(27)15-17)31-14-4-6-22(26(31)32)30-38(35,36)18-9-10-21-23(16-18)29-13-12-28-21/h2-3,5,7-13,15-16,22,30H,4,6,14H2,1H3. The second-order valence-electron chi connectivity index (χ2n) is 8.95. The van der Waals surface area contributed by atoms with E-state index < -0.39 is 37.6 Å². The monoisotopic (exact) mass is 554 g/mol. The topological polar surface area (TPSA) is 126 Å². The van der Waals surface area contributed by atoms with Crippen molar-refractivity contribution in [1.29, 1.82) is 0 Å². The van der Waals surface area contributed by atoms with Gasteiger partial charge in [0.1, 0.15) is 11.9 Å². The van der Waals surface area contributed by atoms with E-state index in [0.717, 1.165) is 6.26 Å². The summed E-state index contributed by atoms with van der Waals surface area (Å²) in [5.41, 5.74) is 1.60. The van der Waals surface area contributed by atoms with Gasteiger partial charge in [0.15, 0.2) is 9.84 Å². The van der Waals surface area contributed by atoms with E-state index in [1.54, 1.807) is 24.3 Å². The lowest BCUT2D eigenvalue weighted by Crippen LogP contribution is -2.52. The van der Waals surface area contributed by atoms with Crippen LogP contribution in [-0.4, -0.2) is 51.6 Å². The molecule has 4 aromatic rings. The summed E-state index contributed by atoms with van der Waals surface area (Å²) in [4.78, 5) is 22.7. The number of amides is 1. The highest BCUT2D eigenvalue weighted by Gasteiger charge is 2.34. The molecule has 5 rings (SSSR count). The van der Waals surface area contributed by atoms with E-state index in [-0.39, 0.29) is 28.4 Å². The number of halogens is 1. The van der Waals surface area contributed by atoms with Crippen molar-refractivity contribution in [2.75, 3.05) is 17.7 Å². The van der Waals surface area contributed by atoms with Gasteiger partial charge in [0.2, 0.25) is 15.9 Å². The lowest BCUT2D eigenvalue weighted by atomic mass is 10.0. The highest BCUT2D eigenvalue weighted by atomic mass is 32.2. The summed E-state index contributed by atoms with van der Waals surface area (Å²) in [6.45, 7) is 0.207. The van der Waals surface area contributed by atoms with Crippen LogP contribution in [0.4, 0.5) is 10.1 Å². The minimum Gasteiger partial charge on any atom is -0.308 e. The average Bonchev–Trinajstić information content (AvgIpc) is 2.89. The Morgan fingerprint density at radius 2 is 1.68 bits per heavy atom. The number of hydrogen-bond acceptors (Lipinski definition) is 7. The molecule has 1 N–H and O–H groups in total. The molecule has 1 aliphatic heterocycles. The van der Waals surface area contributed by atoms with Crippen LogP contribution >= 0.6 is 0 Å². The predicted molar refractivity (Wildman–Crippen MR) is 140 cm³/mol.